The maximum absolute atomic E-state index is 12.9. The van der Waals surface area contributed by atoms with Crippen LogP contribution in [0, 0.1) is 0 Å². The van der Waals surface area contributed by atoms with Crippen molar-refractivity contribution in [1.82, 2.24) is 4.90 Å². The summed E-state index contributed by atoms with van der Waals surface area (Å²) in [6.45, 7) is 2.54. The first-order valence-corrected chi connectivity index (χ1v) is 9.84. The lowest BCUT2D eigenvalue weighted by atomic mass is 10.1. The highest BCUT2D eigenvalue weighted by Gasteiger charge is 2.19. The predicted octanol–water partition coefficient (Wildman–Crippen LogP) is 5.04. The molecule has 0 aliphatic carbocycles. The number of halogens is 1. The molecule has 0 radical (unpaired) electrons. The standard InChI is InChI=1S/C21H20BrNO4/c22-16-6-2-3-7-18(16)27-19-13-26-21-14(20(19)25)8-9-17(24)15(21)12-23-10-4-1-5-11-23/h2-3,6-9,13,24H,1,4-5,10-12H2. The second-order valence-corrected chi connectivity index (χ2v) is 7.59. The second-order valence-electron chi connectivity index (χ2n) is 6.74. The number of benzene rings is 2. The van der Waals surface area contributed by atoms with Crippen molar-refractivity contribution < 1.29 is 14.3 Å². The number of para-hydroxylation sites is 1. The number of fused-ring (bicyclic) bond motifs is 1. The minimum atomic E-state index is -0.258. The normalized spacial score (nSPS) is 15.1. The molecule has 0 spiro atoms. The van der Waals surface area contributed by atoms with Gasteiger partial charge in [-0.3, -0.25) is 9.69 Å². The van der Waals surface area contributed by atoms with Gasteiger partial charge in [-0.05, 0) is 66.1 Å². The van der Waals surface area contributed by atoms with Gasteiger partial charge in [-0.25, -0.2) is 0 Å². The number of ether oxygens (including phenoxy) is 1. The molecule has 0 unspecified atom stereocenters. The molecule has 1 aromatic heterocycles. The summed E-state index contributed by atoms with van der Waals surface area (Å²) in [4.78, 5) is 15.2. The van der Waals surface area contributed by atoms with E-state index in [2.05, 4.69) is 20.8 Å². The summed E-state index contributed by atoms with van der Waals surface area (Å²) < 4.78 is 12.3. The molecule has 0 amide bonds. The lowest BCUT2D eigenvalue weighted by molar-refractivity contribution is 0.218. The van der Waals surface area contributed by atoms with Crippen LogP contribution in [0.25, 0.3) is 11.0 Å². The Morgan fingerprint density at radius 2 is 1.85 bits per heavy atom. The number of rotatable bonds is 4. The van der Waals surface area contributed by atoms with E-state index < -0.39 is 0 Å². The molecule has 1 aliphatic rings. The van der Waals surface area contributed by atoms with Crippen LogP contribution in [-0.2, 0) is 6.54 Å². The Balaban J connectivity index is 1.72. The second kappa shape index (κ2) is 7.74. The largest absolute Gasteiger partial charge is 0.507 e. The summed E-state index contributed by atoms with van der Waals surface area (Å²) >= 11 is 3.41. The van der Waals surface area contributed by atoms with E-state index in [4.69, 9.17) is 9.15 Å². The zero-order valence-corrected chi connectivity index (χ0v) is 16.4. The van der Waals surface area contributed by atoms with Gasteiger partial charge in [0.1, 0.15) is 23.3 Å². The molecule has 6 heteroatoms. The van der Waals surface area contributed by atoms with Gasteiger partial charge in [-0.15, -0.1) is 0 Å². The summed E-state index contributed by atoms with van der Waals surface area (Å²) in [7, 11) is 0. The van der Waals surface area contributed by atoms with Gasteiger partial charge in [-0.2, -0.15) is 0 Å². The first kappa shape index (κ1) is 18.1. The third kappa shape index (κ3) is 3.73. The van der Waals surface area contributed by atoms with Gasteiger partial charge in [0.05, 0.1) is 15.4 Å². The topological polar surface area (TPSA) is 62.9 Å². The van der Waals surface area contributed by atoms with Crippen molar-refractivity contribution in [2.45, 2.75) is 25.8 Å². The minimum absolute atomic E-state index is 0.115. The van der Waals surface area contributed by atoms with Crippen molar-refractivity contribution >= 4 is 26.9 Å². The van der Waals surface area contributed by atoms with Crippen LogP contribution in [-0.4, -0.2) is 23.1 Å². The van der Waals surface area contributed by atoms with Crippen LogP contribution < -0.4 is 10.2 Å². The zero-order valence-electron chi connectivity index (χ0n) is 14.8. The fraction of sp³-hybridized carbons (Fsp3) is 0.286. The van der Waals surface area contributed by atoms with E-state index in [1.165, 1.54) is 12.7 Å². The van der Waals surface area contributed by atoms with Crippen molar-refractivity contribution in [2.24, 2.45) is 0 Å². The quantitative estimate of drug-likeness (QED) is 0.629. The van der Waals surface area contributed by atoms with Gasteiger partial charge in [0.2, 0.25) is 11.2 Å². The summed E-state index contributed by atoms with van der Waals surface area (Å²) in [5.41, 5.74) is 0.816. The van der Waals surface area contributed by atoms with Crippen LogP contribution in [0.4, 0.5) is 0 Å². The molecule has 0 bridgehead atoms. The van der Waals surface area contributed by atoms with E-state index in [0.717, 1.165) is 30.4 Å². The first-order chi connectivity index (χ1) is 13.1. The summed E-state index contributed by atoms with van der Waals surface area (Å²) in [6, 6.07) is 10.5. The minimum Gasteiger partial charge on any atom is -0.507 e. The van der Waals surface area contributed by atoms with Crippen molar-refractivity contribution in [1.29, 1.82) is 0 Å². The van der Waals surface area contributed by atoms with E-state index in [1.54, 1.807) is 18.2 Å². The summed E-state index contributed by atoms with van der Waals surface area (Å²) in [5, 5.41) is 10.8. The molecule has 1 saturated heterocycles. The molecule has 27 heavy (non-hydrogen) atoms. The maximum atomic E-state index is 12.9. The number of aromatic hydroxyl groups is 1. The van der Waals surface area contributed by atoms with Crippen molar-refractivity contribution in [3.8, 4) is 17.2 Å². The molecular formula is C21H20BrNO4. The number of hydrogen-bond donors (Lipinski definition) is 1. The molecule has 0 saturated carbocycles. The lowest BCUT2D eigenvalue weighted by Crippen LogP contribution is -2.29. The van der Waals surface area contributed by atoms with Gasteiger partial charge in [-0.1, -0.05) is 18.6 Å². The molecule has 2 aromatic carbocycles. The van der Waals surface area contributed by atoms with Crippen molar-refractivity contribution in [3.05, 3.63) is 62.9 Å². The van der Waals surface area contributed by atoms with Gasteiger partial charge in [0.15, 0.2) is 0 Å². The van der Waals surface area contributed by atoms with Crippen LogP contribution in [0.1, 0.15) is 24.8 Å². The summed E-state index contributed by atoms with van der Waals surface area (Å²) in [6.07, 6.45) is 4.87. The van der Waals surface area contributed by atoms with Gasteiger partial charge in [0.25, 0.3) is 0 Å². The number of hydrogen-bond acceptors (Lipinski definition) is 5. The SMILES string of the molecule is O=c1c(Oc2ccccc2Br)coc2c(CN3CCCCC3)c(O)ccc12. The average Bonchev–Trinajstić information content (AvgIpc) is 2.68. The molecule has 3 aromatic rings. The number of nitrogens with zero attached hydrogens (tertiary/aromatic N) is 1. The van der Waals surface area contributed by atoms with Gasteiger partial charge in [0, 0.05) is 6.54 Å². The highest BCUT2D eigenvalue weighted by molar-refractivity contribution is 9.10. The monoisotopic (exact) mass is 429 g/mol. The molecule has 5 nitrogen and oxygen atoms in total. The fourth-order valence-electron chi connectivity index (χ4n) is 3.44. The molecule has 2 heterocycles. The van der Waals surface area contributed by atoms with Crippen LogP contribution in [0.5, 0.6) is 17.2 Å². The van der Waals surface area contributed by atoms with E-state index in [9.17, 15) is 9.90 Å². The molecule has 140 valence electrons. The molecule has 1 fully saturated rings. The molecular weight excluding hydrogens is 410 g/mol. The Hall–Kier alpha value is -2.31. The first-order valence-electron chi connectivity index (χ1n) is 9.04. The van der Waals surface area contributed by atoms with E-state index in [-0.39, 0.29) is 16.9 Å². The van der Waals surface area contributed by atoms with Gasteiger partial charge < -0.3 is 14.3 Å². The predicted molar refractivity (Wildman–Crippen MR) is 107 cm³/mol. The van der Waals surface area contributed by atoms with Crippen LogP contribution in [0.3, 0.4) is 0 Å². The van der Waals surface area contributed by atoms with E-state index in [1.807, 2.05) is 18.2 Å². The van der Waals surface area contributed by atoms with Crippen LogP contribution in [0.15, 0.2) is 56.3 Å². The number of likely N-dealkylation sites (tertiary alicyclic amines) is 1. The third-order valence-electron chi connectivity index (χ3n) is 4.87. The Kier molecular flexibility index (Phi) is 5.18. The van der Waals surface area contributed by atoms with Crippen LogP contribution >= 0.6 is 15.9 Å². The molecule has 0 atom stereocenters. The number of piperidine rings is 1. The zero-order chi connectivity index (χ0) is 18.8. The summed E-state index contributed by atoms with van der Waals surface area (Å²) in [5.74, 6) is 0.802. The van der Waals surface area contributed by atoms with Gasteiger partial charge >= 0.3 is 0 Å². The highest BCUT2D eigenvalue weighted by atomic mass is 79.9. The Morgan fingerprint density at radius 1 is 1.07 bits per heavy atom. The third-order valence-corrected chi connectivity index (χ3v) is 5.53. The fourth-order valence-corrected chi connectivity index (χ4v) is 3.81. The number of phenolic OH excluding ortho intramolecular Hbond substituents is 1. The Morgan fingerprint density at radius 3 is 2.63 bits per heavy atom. The molecule has 1 N–H and O–H groups in total. The highest BCUT2D eigenvalue weighted by Crippen LogP contribution is 2.32. The molecule has 4 rings (SSSR count). The van der Waals surface area contributed by atoms with Crippen LogP contribution in [0.2, 0.25) is 0 Å². The maximum Gasteiger partial charge on any atom is 0.235 e. The average molecular weight is 430 g/mol. The van der Waals surface area contributed by atoms with E-state index >= 15 is 0 Å². The van der Waals surface area contributed by atoms with Crippen molar-refractivity contribution in [2.75, 3.05) is 13.1 Å². The lowest BCUT2D eigenvalue weighted by Gasteiger charge is -2.26. The van der Waals surface area contributed by atoms with Crippen molar-refractivity contribution in [3.63, 3.8) is 0 Å². The smallest absolute Gasteiger partial charge is 0.235 e. The van der Waals surface area contributed by atoms with E-state index in [0.29, 0.717) is 28.8 Å². The number of phenols is 1. The Bertz CT molecular complexity index is 1020. The molecule has 1 aliphatic heterocycles. The Labute approximate surface area is 165 Å².